The molecule has 0 bridgehead atoms. The van der Waals surface area contributed by atoms with Crippen molar-refractivity contribution in [2.75, 3.05) is 24.3 Å². The highest BCUT2D eigenvalue weighted by Gasteiger charge is 2.03. The zero-order valence-electron chi connectivity index (χ0n) is 10.8. The van der Waals surface area contributed by atoms with Gasteiger partial charge in [0.25, 0.3) is 0 Å². The van der Waals surface area contributed by atoms with E-state index in [0.29, 0.717) is 6.04 Å². The Morgan fingerprint density at radius 2 is 2.19 bits per heavy atom. The lowest BCUT2D eigenvalue weighted by Gasteiger charge is -2.17. The third-order valence-electron chi connectivity index (χ3n) is 2.64. The van der Waals surface area contributed by atoms with Crippen LogP contribution in [0.4, 0.5) is 11.5 Å². The van der Waals surface area contributed by atoms with Crippen molar-refractivity contribution in [3.05, 3.63) is 18.3 Å². The summed E-state index contributed by atoms with van der Waals surface area (Å²) in [4.78, 5) is 6.42. The summed E-state index contributed by atoms with van der Waals surface area (Å²) in [5, 5.41) is 3.43. The molecule has 1 rings (SSSR count). The van der Waals surface area contributed by atoms with Gasteiger partial charge in [0, 0.05) is 38.1 Å². The molecule has 1 heterocycles. The normalized spacial score (nSPS) is 12.2. The molecule has 0 aliphatic rings. The number of aromatic nitrogens is 1. The van der Waals surface area contributed by atoms with Crippen LogP contribution in [0, 0.1) is 0 Å². The highest BCUT2D eigenvalue weighted by molar-refractivity contribution is 5.53. The third kappa shape index (κ3) is 4.09. The largest absolute Gasteiger partial charge is 0.378 e. The fourth-order valence-corrected chi connectivity index (χ4v) is 1.61. The zero-order valence-corrected chi connectivity index (χ0v) is 10.8. The predicted octanol–water partition coefficient (Wildman–Crippen LogP) is 3.14. The Hall–Kier alpha value is -1.25. The van der Waals surface area contributed by atoms with E-state index in [9.17, 15) is 0 Å². The molecule has 0 saturated carbocycles. The summed E-state index contributed by atoms with van der Waals surface area (Å²) in [6, 6.07) is 4.59. The lowest BCUT2D eigenvalue weighted by molar-refractivity contribution is 0.643. The molecule has 1 N–H and O–H groups in total. The number of nitrogens with zero attached hydrogens (tertiary/aromatic N) is 2. The van der Waals surface area contributed by atoms with Gasteiger partial charge in [-0.3, -0.25) is 0 Å². The minimum Gasteiger partial charge on any atom is -0.378 e. The molecule has 1 unspecified atom stereocenters. The lowest BCUT2D eigenvalue weighted by atomic mass is 10.1. The average molecular weight is 221 g/mol. The van der Waals surface area contributed by atoms with Crippen LogP contribution in [0.1, 0.15) is 33.1 Å². The number of anilines is 2. The van der Waals surface area contributed by atoms with Crippen LogP contribution in [0.5, 0.6) is 0 Å². The summed E-state index contributed by atoms with van der Waals surface area (Å²) in [6.45, 7) is 4.43. The van der Waals surface area contributed by atoms with E-state index in [1.807, 2.05) is 26.4 Å². The molecule has 0 radical (unpaired) electrons. The molecule has 0 aliphatic heterocycles. The van der Waals surface area contributed by atoms with Crippen LogP contribution in [-0.2, 0) is 0 Å². The monoisotopic (exact) mass is 221 g/mol. The number of hydrogen-bond acceptors (Lipinski definition) is 3. The second-order valence-corrected chi connectivity index (χ2v) is 4.48. The van der Waals surface area contributed by atoms with E-state index in [0.717, 1.165) is 5.82 Å². The maximum Gasteiger partial charge on any atom is 0.128 e. The maximum atomic E-state index is 4.33. The SMILES string of the molecule is CCCCC(C)Nc1cc(N(C)C)ccn1. The Kier molecular flexibility index (Phi) is 5.09. The molecule has 0 amide bonds. The molecule has 0 fully saturated rings. The van der Waals surface area contributed by atoms with Gasteiger partial charge in [0.1, 0.15) is 5.82 Å². The van der Waals surface area contributed by atoms with Gasteiger partial charge in [-0.25, -0.2) is 4.98 Å². The molecule has 1 atom stereocenters. The van der Waals surface area contributed by atoms with Gasteiger partial charge in [0.2, 0.25) is 0 Å². The Morgan fingerprint density at radius 1 is 1.44 bits per heavy atom. The van der Waals surface area contributed by atoms with Crippen molar-refractivity contribution in [2.45, 2.75) is 39.2 Å². The minimum atomic E-state index is 0.491. The molecule has 0 aromatic carbocycles. The summed E-state index contributed by atoms with van der Waals surface area (Å²) in [6.07, 6.45) is 5.56. The third-order valence-corrected chi connectivity index (χ3v) is 2.64. The van der Waals surface area contributed by atoms with E-state index >= 15 is 0 Å². The quantitative estimate of drug-likeness (QED) is 0.800. The first kappa shape index (κ1) is 12.8. The number of unbranched alkanes of at least 4 members (excludes halogenated alkanes) is 1. The first-order valence-corrected chi connectivity index (χ1v) is 6.03. The van der Waals surface area contributed by atoms with Gasteiger partial charge in [-0.05, 0) is 19.4 Å². The predicted molar refractivity (Wildman–Crippen MR) is 71.2 cm³/mol. The fourth-order valence-electron chi connectivity index (χ4n) is 1.61. The molecule has 16 heavy (non-hydrogen) atoms. The molecular formula is C13H23N3. The summed E-state index contributed by atoms with van der Waals surface area (Å²) in [7, 11) is 4.08. The van der Waals surface area contributed by atoms with Crippen molar-refractivity contribution in [1.82, 2.24) is 4.98 Å². The van der Waals surface area contributed by atoms with E-state index in [1.165, 1.54) is 24.9 Å². The molecule has 0 saturated heterocycles. The molecule has 1 aromatic rings. The molecular weight excluding hydrogens is 198 g/mol. The van der Waals surface area contributed by atoms with Gasteiger partial charge in [-0.15, -0.1) is 0 Å². The van der Waals surface area contributed by atoms with Crippen LogP contribution in [-0.4, -0.2) is 25.1 Å². The van der Waals surface area contributed by atoms with Gasteiger partial charge in [-0.1, -0.05) is 19.8 Å². The lowest BCUT2D eigenvalue weighted by Crippen LogP contribution is -2.16. The van der Waals surface area contributed by atoms with E-state index in [4.69, 9.17) is 0 Å². The molecule has 0 aliphatic carbocycles. The van der Waals surface area contributed by atoms with Crippen molar-refractivity contribution in [2.24, 2.45) is 0 Å². The van der Waals surface area contributed by atoms with Crippen molar-refractivity contribution >= 4 is 11.5 Å². The number of pyridine rings is 1. The Balaban J connectivity index is 2.56. The summed E-state index contributed by atoms with van der Waals surface area (Å²) < 4.78 is 0. The van der Waals surface area contributed by atoms with Crippen LogP contribution in [0.2, 0.25) is 0 Å². The molecule has 3 heteroatoms. The second-order valence-electron chi connectivity index (χ2n) is 4.48. The second kappa shape index (κ2) is 6.36. The van der Waals surface area contributed by atoms with E-state index < -0.39 is 0 Å². The highest BCUT2D eigenvalue weighted by atomic mass is 15.1. The van der Waals surface area contributed by atoms with Crippen LogP contribution in [0.25, 0.3) is 0 Å². The van der Waals surface area contributed by atoms with Gasteiger partial charge in [0.15, 0.2) is 0 Å². The molecule has 0 spiro atoms. The zero-order chi connectivity index (χ0) is 12.0. The number of hydrogen-bond donors (Lipinski definition) is 1. The first-order valence-electron chi connectivity index (χ1n) is 6.03. The summed E-state index contributed by atoms with van der Waals surface area (Å²) in [5.41, 5.74) is 1.18. The van der Waals surface area contributed by atoms with Crippen molar-refractivity contribution in [3.63, 3.8) is 0 Å². The van der Waals surface area contributed by atoms with Gasteiger partial charge in [-0.2, -0.15) is 0 Å². The van der Waals surface area contributed by atoms with Crippen molar-refractivity contribution < 1.29 is 0 Å². The minimum absolute atomic E-state index is 0.491. The van der Waals surface area contributed by atoms with Gasteiger partial charge >= 0.3 is 0 Å². The van der Waals surface area contributed by atoms with E-state index in [1.54, 1.807) is 0 Å². The van der Waals surface area contributed by atoms with Crippen molar-refractivity contribution in [3.8, 4) is 0 Å². The van der Waals surface area contributed by atoms with Gasteiger partial charge in [0.05, 0.1) is 0 Å². The van der Waals surface area contributed by atoms with Gasteiger partial charge < -0.3 is 10.2 Å². The van der Waals surface area contributed by atoms with Crippen LogP contribution in [0.15, 0.2) is 18.3 Å². The smallest absolute Gasteiger partial charge is 0.128 e. The average Bonchev–Trinajstić information content (AvgIpc) is 2.26. The maximum absolute atomic E-state index is 4.33. The Morgan fingerprint density at radius 3 is 2.81 bits per heavy atom. The van der Waals surface area contributed by atoms with Crippen LogP contribution < -0.4 is 10.2 Å². The summed E-state index contributed by atoms with van der Waals surface area (Å²) in [5.74, 6) is 0.967. The molecule has 3 nitrogen and oxygen atoms in total. The van der Waals surface area contributed by atoms with E-state index in [-0.39, 0.29) is 0 Å². The van der Waals surface area contributed by atoms with Crippen molar-refractivity contribution in [1.29, 1.82) is 0 Å². The number of nitrogens with one attached hydrogen (secondary N) is 1. The highest BCUT2D eigenvalue weighted by Crippen LogP contribution is 2.16. The van der Waals surface area contributed by atoms with Crippen LogP contribution >= 0.6 is 0 Å². The Bertz CT molecular complexity index is 310. The molecule has 1 aromatic heterocycles. The fraction of sp³-hybridized carbons (Fsp3) is 0.615. The molecule has 90 valence electrons. The van der Waals surface area contributed by atoms with Crippen LogP contribution in [0.3, 0.4) is 0 Å². The van der Waals surface area contributed by atoms with E-state index in [2.05, 4.69) is 35.1 Å². The Labute approximate surface area is 98.9 Å². The standard InChI is InChI=1S/C13H23N3/c1-5-6-7-11(2)15-13-10-12(16(3)4)8-9-14-13/h8-11H,5-7H2,1-4H3,(H,14,15). The first-order chi connectivity index (χ1) is 7.63. The number of rotatable bonds is 6. The topological polar surface area (TPSA) is 28.2 Å². The summed E-state index contributed by atoms with van der Waals surface area (Å²) >= 11 is 0.